The van der Waals surface area contributed by atoms with Crippen molar-refractivity contribution in [2.45, 2.75) is 70.4 Å². The van der Waals surface area contributed by atoms with Crippen molar-refractivity contribution in [3.05, 3.63) is 64.5 Å². The predicted molar refractivity (Wildman–Crippen MR) is 140 cm³/mol. The molecule has 190 valence electrons. The topological polar surface area (TPSA) is 105 Å². The molecular formula is C27H32N4O4S. The van der Waals surface area contributed by atoms with Crippen LogP contribution in [0.15, 0.2) is 58.4 Å². The molecule has 1 aromatic carbocycles. The van der Waals surface area contributed by atoms with Crippen molar-refractivity contribution in [2.75, 3.05) is 10.2 Å². The monoisotopic (exact) mass is 508 g/mol. The zero-order chi connectivity index (χ0) is 25.3. The molecule has 2 heterocycles. The van der Waals surface area contributed by atoms with E-state index in [1.807, 2.05) is 47.8 Å². The third kappa shape index (κ3) is 6.81. The molecule has 0 radical (unpaired) electrons. The number of amides is 3. The van der Waals surface area contributed by atoms with Crippen LogP contribution in [-0.4, -0.2) is 28.9 Å². The standard InChI is InChI=1S/C27H32N4O4S/c1-19-18-23(30-35-19)29-24(32)15-8-16-25(33)31(21-12-6-3-7-13-21)26(22-14-9-17-36-22)27(34)28-20-10-4-2-5-11-20/h3,6-7,9,12-14,17-18,20,26H,2,4-5,8,10-11,15-16H2,1H3,(H,28,34)(H,29,30,32)/t26-/m1/s1. The first kappa shape index (κ1) is 25.6. The van der Waals surface area contributed by atoms with Crippen LogP contribution >= 0.6 is 11.3 Å². The van der Waals surface area contributed by atoms with Crippen molar-refractivity contribution in [2.24, 2.45) is 0 Å². The number of nitrogens with zero attached hydrogens (tertiary/aromatic N) is 2. The average molecular weight is 509 g/mol. The van der Waals surface area contributed by atoms with Gasteiger partial charge in [0.15, 0.2) is 5.82 Å². The van der Waals surface area contributed by atoms with Crippen molar-refractivity contribution in [1.82, 2.24) is 10.5 Å². The molecule has 2 N–H and O–H groups in total. The highest BCUT2D eigenvalue weighted by atomic mass is 32.1. The fourth-order valence-corrected chi connectivity index (χ4v) is 5.34. The summed E-state index contributed by atoms with van der Waals surface area (Å²) in [6, 6.07) is 14.1. The van der Waals surface area contributed by atoms with Crippen LogP contribution in [0.4, 0.5) is 11.5 Å². The summed E-state index contributed by atoms with van der Waals surface area (Å²) in [5, 5.41) is 11.6. The number of hydrogen-bond donors (Lipinski definition) is 2. The third-order valence-electron chi connectivity index (χ3n) is 6.26. The molecule has 36 heavy (non-hydrogen) atoms. The average Bonchev–Trinajstić information content (AvgIpc) is 3.55. The molecule has 1 fully saturated rings. The lowest BCUT2D eigenvalue weighted by molar-refractivity contribution is -0.127. The SMILES string of the molecule is Cc1cc(NC(=O)CCCC(=O)N(c2ccccc2)[C@@H](C(=O)NC2CCCCC2)c2cccs2)no1. The number of hydrogen-bond acceptors (Lipinski definition) is 6. The van der Waals surface area contributed by atoms with E-state index in [0.717, 1.165) is 30.6 Å². The maximum absolute atomic E-state index is 13.6. The van der Waals surface area contributed by atoms with E-state index in [9.17, 15) is 14.4 Å². The Labute approximate surface area is 215 Å². The Kier molecular flexibility index (Phi) is 8.89. The van der Waals surface area contributed by atoms with Gasteiger partial charge in [-0.25, -0.2) is 0 Å². The van der Waals surface area contributed by atoms with Crippen molar-refractivity contribution >= 4 is 40.6 Å². The second-order valence-electron chi connectivity index (χ2n) is 9.09. The van der Waals surface area contributed by atoms with Gasteiger partial charge in [0.25, 0.3) is 0 Å². The molecule has 1 aliphatic carbocycles. The van der Waals surface area contributed by atoms with Gasteiger partial charge >= 0.3 is 0 Å². The van der Waals surface area contributed by atoms with Crippen molar-refractivity contribution < 1.29 is 18.9 Å². The fourth-order valence-electron chi connectivity index (χ4n) is 4.52. The van der Waals surface area contributed by atoms with Gasteiger partial charge in [-0.05, 0) is 49.8 Å². The molecule has 0 saturated heterocycles. The van der Waals surface area contributed by atoms with Gasteiger partial charge in [-0.3, -0.25) is 19.3 Å². The summed E-state index contributed by atoms with van der Waals surface area (Å²) in [7, 11) is 0. The van der Waals surface area contributed by atoms with E-state index in [2.05, 4.69) is 15.8 Å². The first-order valence-electron chi connectivity index (χ1n) is 12.5. The Morgan fingerprint density at radius 2 is 1.86 bits per heavy atom. The van der Waals surface area contributed by atoms with E-state index in [1.165, 1.54) is 17.8 Å². The van der Waals surface area contributed by atoms with E-state index in [0.29, 0.717) is 23.7 Å². The minimum Gasteiger partial charge on any atom is -0.360 e. The summed E-state index contributed by atoms with van der Waals surface area (Å²) in [5.41, 5.74) is 0.655. The second kappa shape index (κ2) is 12.5. The Morgan fingerprint density at radius 3 is 2.53 bits per heavy atom. The molecule has 0 bridgehead atoms. The zero-order valence-corrected chi connectivity index (χ0v) is 21.3. The Bertz CT molecular complexity index is 1140. The van der Waals surface area contributed by atoms with E-state index >= 15 is 0 Å². The van der Waals surface area contributed by atoms with Crippen LogP contribution in [0, 0.1) is 6.92 Å². The molecular weight excluding hydrogens is 476 g/mol. The minimum atomic E-state index is -0.770. The molecule has 9 heteroatoms. The Hall–Kier alpha value is -3.46. The molecule has 2 aromatic heterocycles. The van der Waals surface area contributed by atoms with Gasteiger partial charge < -0.3 is 15.2 Å². The van der Waals surface area contributed by atoms with Crippen molar-refractivity contribution in [3.8, 4) is 0 Å². The van der Waals surface area contributed by atoms with Crippen LogP contribution in [0.5, 0.6) is 0 Å². The highest BCUT2D eigenvalue weighted by Crippen LogP contribution is 2.32. The number of carbonyl (C=O) groups excluding carboxylic acids is 3. The largest absolute Gasteiger partial charge is 0.360 e. The molecule has 3 amide bonds. The first-order valence-corrected chi connectivity index (χ1v) is 13.3. The van der Waals surface area contributed by atoms with Crippen LogP contribution in [0.1, 0.15) is 68.0 Å². The normalized spacial score (nSPS) is 14.7. The number of thiophene rings is 1. The number of benzene rings is 1. The summed E-state index contributed by atoms with van der Waals surface area (Å²) in [6.45, 7) is 1.74. The molecule has 0 spiro atoms. The summed E-state index contributed by atoms with van der Waals surface area (Å²) < 4.78 is 4.96. The molecule has 1 atom stereocenters. The van der Waals surface area contributed by atoms with Crippen molar-refractivity contribution in [1.29, 1.82) is 0 Å². The molecule has 0 aliphatic heterocycles. The van der Waals surface area contributed by atoms with Gasteiger partial charge in [0.1, 0.15) is 11.8 Å². The summed E-state index contributed by atoms with van der Waals surface area (Å²) in [6.07, 6.45) is 5.94. The van der Waals surface area contributed by atoms with Gasteiger partial charge in [0.05, 0.1) is 0 Å². The summed E-state index contributed by atoms with van der Waals surface area (Å²) in [4.78, 5) is 42.0. The summed E-state index contributed by atoms with van der Waals surface area (Å²) in [5.74, 6) is 0.341. The molecule has 0 unspecified atom stereocenters. The van der Waals surface area contributed by atoms with Gasteiger partial charge in [-0.15, -0.1) is 11.3 Å². The maximum Gasteiger partial charge on any atom is 0.248 e. The van der Waals surface area contributed by atoms with Gasteiger partial charge in [-0.2, -0.15) is 0 Å². The van der Waals surface area contributed by atoms with E-state index < -0.39 is 6.04 Å². The van der Waals surface area contributed by atoms with Gasteiger partial charge in [-0.1, -0.05) is 48.7 Å². The number of rotatable bonds is 10. The van der Waals surface area contributed by atoms with Crippen LogP contribution in [0.2, 0.25) is 0 Å². The first-order chi connectivity index (χ1) is 17.5. The van der Waals surface area contributed by atoms with Gasteiger partial charge in [0.2, 0.25) is 17.7 Å². The fraction of sp³-hybridized carbons (Fsp3) is 0.407. The van der Waals surface area contributed by atoms with Crippen molar-refractivity contribution in [3.63, 3.8) is 0 Å². The Balaban J connectivity index is 1.49. The Morgan fingerprint density at radius 1 is 1.08 bits per heavy atom. The van der Waals surface area contributed by atoms with Crippen LogP contribution in [-0.2, 0) is 14.4 Å². The number of aromatic nitrogens is 1. The lowest BCUT2D eigenvalue weighted by Crippen LogP contribution is -2.47. The van der Waals surface area contributed by atoms with E-state index in [1.54, 1.807) is 17.9 Å². The highest BCUT2D eigenvalue weighted by Gasteiger charge is 2.34. The lowest BCUT2D eigenvalue weighted by atomic mass is 9.95. The number of anilines is 2. The molecule has 3 aromatic rings. The number of nitrogens with one attached hydrogen (secondary N) is 2. The number of para-hydroxylation sites is 1. The molecule has 1 aliphatic rings. The summed E-state index contributed by atoms with van der Waals surface area (Å²) >= 11 is 1.46. The van der Waals surface area contributed by atoms with Crippen LogP contribution in [0.3, 0.4) is 0 Å². The predicted octanol–water partition coefficient (Wildman–Crippen LogP) is 5.38. The van der Waals surface area contributed by atoms with E-state index in [-0.39, 0.29) is 36.6 Å². The second-order valence-corrected chi connectivity index (χ2v) is 10.1. The molecule has 1 saturated carbocycles. The smallest absolute Gasteiger partial charge is 0.248 e. The quantitative estimate of drug-likeness (QED) is 0.383. The lowest BCUT2D eigenvalue weighted by Gasteiger charge is -2.32. The molecule has 4 rings (SSSR count). The minimum absolute atomic E-state index is 0.124. The van der Waals surface area contributed by atoms with Gasteiger partial charge in [0, 0.05) is 35.5 Å². The third-order valence-corrected chi connectivity index (χ3v) is 7.19. The zero-order valence-electron chi connectivity index (χ0n) is 20.4. The maximum atomic E-state index is 13.6. The highest BCUT2D eigenvalue weighted by molar-refractivity contribution is 7.10. The van der Waals surface area contributed by atoms with Crippen LogP contribution in [0.25, 0.3) is 0 Å². The number of carbonyl (C=O) groups is 3. The number of aryl methyl sites for hydroxylation is 1. The van der Waals surface area contributed by atoms with Crippen LogP contribution < -0.4 is 15.5 Å². The molecule has 8 nitrogen and oxygen atoms in total. The van der Waals surface area contributed by atoms with E-state index in [4.69, 9.17) is 4.52 Å².